The highest BCUT2D eigenvalue weighted by Crippen LogP contribution is 2.08. The molecule has 0 aliphatic heterocycles. The number of nitrogens with one attached hydrogen (secondary N) is 2. The molecule has 0 saturated carbocycles. The Bertz CT molecular complexity index is 273. The summed E-state index contributed by atoms with van der Waals surface area (Å²) in [7, 11) is 0. The number of hydrogen-bond acceptors (Lipinski definition) is 3. The molecule has 0 saturated heterocycles. The third-order valence-electron chi connectivity index (χ3n) is 2.22. The maximum atomic E-state index is 11.4. The third-order valence-corrected chi connectivity index (χ3v) is 2.22. The Labute approximate surface area is 102 Å². The molecular weight excluding hydrogens is 224 g/mol. The summed E-state index contributed by atoms with van der Waals surface area (Å²) in [4.78, 5) is 27.4. The molecule has 0 unspecified atom stereocenters. The van der Waals surface area contributed by atoms with E-state index in [4.69, 9.17) is 9.94 Å². The second-order valence-corrected chi connectivity index (χ2v) is 4.99. The number of hydroxylamine groups is 1. The highest BCUT2D eigenvalue weighted by molar-refractivity contribution is 5.82. The number of hydrogen-bond donors (Lipinski definition) is 3. The molecule has 0 aromatic heterocycles. The molecule has 0 bridgehead atoms. The zero-order chi connectivity index (χ0) is 13.6. The van der Waals surface area contributed by atoms with Crippen LogP contribution in [0.3, 0.4) is 0 Å². The molecular formula is C11H22N2O4. The van der Waals surface area contributed by atoms with Crippen LogP contribution in [0.2, 0.25) is 0 Å². The van der Waals surface area contributed by atoms with Gasteiger partial charge in [-0.25, -0.2) is 15.1 Å². The van der Waals surface area contributed by atoms with Crippen molar-refractivity contribution in [3.63, 3.8) is 0 Å². The highest BCUT2D eigenvalue weighted by Gasteiger charge is 2.25. The first-order chi connectivity index (χ1) is 7.67. The van der Waals surface area contributed by atoms with Gasteiger partial charge in [0.15, 0.2) is 0 Å². The van der Waals surface area contributed by atoms with Crippen LogP contribution in [0.4, 0.5) is 4.79 Å². The lowest BCUT2D eigenvalue weighted by Gasteiger charge is -2.23. The van der Waals surface area contributed by atoms with Gasteiger partial charge in [0.2, 0.25) is 0 Å². The monoisotopic (exact) mass is 246 g/mol. The molecule has 6 nitrogen and oxygen atoms in total. The molecule has 3 N–H and O–H groups in total. The summed E-state index contributed by atoms with van der Waals surface area (Å²) in [6.45, 7) is 8.96. The van der Waals surface area contributed by atoms with E-state index < -0.39 is 23.6 Å². The third kappa shape index (κ3) is 6.78. The standard InChI is InChI=1S/C11H22N2O4/c1-6-7(2)8(9(14)15)12-10(16)13-17-11(3,4)5/h7-8H,6H2,1-5H3,(H,14,15)(H2,12,13,16)/t7-,8+/m1/s1. The molecule has 0 aromatic rings. The van der Waals surface area contributed by atoms with Gasteiger partial charge in [-0.3, -0.25) is 4.84 Å². The van der Waals surface area contributed by atoms with Crippen molar-refractivity contribution in [1.82, 2.24) is 10.8 Å². The normalized spacial score (nSPS) is 14.9. The Balaban J connectivity index is 4.28. The van der Waals surface area contributed by atoms with Crippen LogP contribution in [-0.4, -0.2) is 28.7 Å². The number of carbonyl (C=O) groups is 2. The predicted octanol–water partition coefficient (Wildman–Crippen LogP) is 1.51. The molecule has 0 aliphatic rings. The predicted molar refractivity (Wildman–Crippen MR) is 63.4 cm³/mol. The minimum Gasteiger partial charge on any atom is -0.480 e. The van der Waals surface area contributed by atoms with Crippen LogP contribution in [-0.2, 0) is 9.63 Å². The Kier molecular flexibility index (Phi) is 5.95. The van der Waals surface area contributed by atoms with Crippen LogP contribution >= 0.6 is 0 Å². The van der Waals surface area contributed by atoms with E-state index >= 15 is 0 Å². The lowest BCUT2D eigenvalue weighted by atomic mass is 10.00. The molecule has 0 rings (SSSR count). The van der Waals surface area contributed by atoms with Crippen LogP contribution < -0.4 is 10.8 Å². The number of urea groups is 1. The van der Waals surface area contributed by atoms with E-state index in [0.29, 0.717) is 6.42 Å². The quantitative estimate of drug-likeness (QED) is 0.642. The first-order valence-corrected chi connectivity index (χ1v) is 5.64. The SMILES string of the molecule is CC[C@@H](C)[C@H](NC(=O)NOC(C)(C)C)C(=O)O. The number of aliphatic carboxylic acids is 1. The van der Waals surface area contributed by atoms with E-state index in [0.717, 1.165) is 0 Å². The van der Waals surface area contributed by atoms with Crippen LogP contribution in [0.15, 0.2) is 0 Å². The average Bonchev–Trinajstić information content (AvgIpc) is 2.20. The first-order valence-electron chi connectivity index (χ1n) is 5.64. The lowest BCUT2D eigenvalue weighted by Crippen LogP contribution is -2.50. The summed E-state index contributed by atoms with van der Waals surface area (Å²) in [6.07, 6.45) is 0.664. The molecule has 2 amide bonds. The van der Waals surface area contributed by atoms with Gasteiger partial charge in [0, 0.05) is 0 Å². The van der Waals surface area contributed by atoms with Crippen molar-refractivity contribution in [2.75, 3.05) is 0 Å². The molecule has 0 aliphatic carbocycles. The van der Waals surface area contributed by atoms with Crippen molar-refractivity contribution in [3.05, 3.63) is 0 Å². The largest absolute Gasteiger partial charge is 0.480 e. The smallest absolute Gasteiger partial charge is 0.339 e. The lowest BCUT2D eigenvalue weighted by molar-refractivity contribution is -0.140. The van der Waals surface area contributed by atoms with Crippen molar-refractivity contribution < 1.29 is 19.5 Å². The summed E-state index contributed by atoms with van der Waals surface area (Å²) < 4.78 is 0. The van der Waals surface area contributed by atoms with Gasteiger partial charge in [-0.2, -0.15) is 0 Å². The van der Waals surface area contributed by atoms with Crippen LogP contribution in [0.5, 0.6) is 0 Å². The van der Waals surface area contributed by atoms with Crippen molar-refractivity contribution in [2.24, 2.45) is 5.92 Å². The van der Waals surface area contributed by atoms with E-state index in [-0.39, 0.29) is 5.92 Å². The minimum atomic E-state index is -1.05. The van der Waals surface area contributed by atoms with Gasteiger partial charge < -0.3 is 10.4 Å². The van der Waals surface area contributed by atoms with Crippen LogP contribution in [0.1, 0.15) is 41.0 Å². The summed E-state index contributed by atoms with van der Waals surface area (Å²) in [6, 6.07) is -1.56. The fourth-order valence-corrected chi connectivity index (χ4v) is 1.05. The van der Waals surface area contributed by atoms with E-state index in [1.165, 1.54) is 0 Å². The molecule has 0 radical (unpaired) electrons. The van der Waals surface area contributed by atoms with Crippen molar-refractivity contribution >= 4 is 12.0 Å². The fourth-order valence-electron chi connectivity index (χ4n) is 1.05. The van der Waals surface area contributed by atoms with Crippen molar-refractivity contribution in [3.8, 4) is 0 Å². The Hall–Kier alpha value is -1.30. The van der Waals surface area contributed by atoms with Gasteiger partial charge in [-0.15, -0.1) is 0 Å². The van der Waals surface area contributed by atoms with E-state index in [9.17, 15) is 9.59 Å². The van der Waals surface area contributed by atoms with Crippen LogP contribution in [0, 0.1) is 5.92 Å². The average molecular weight is 246 g/mol. The molecule has 0 fully saturated rings. The highest BCUT2D eigenvalue weighted by atomic mass is 16.7. The van der Waals surface area contributed by atoms with Crippen LogP contribution in [0.25, 0.3) is 0 Å². The second kappa shape index (κ2) is 6.44. The van der Waals surface area contributed by atoms with E-state index in [2.05, 4.69) is 10.8 Å². The van der Waals surface area contributed by atoms with E-state index in [1.807, 2.05) is 6.92 Å². The topological polar surface area (TPSA) is 87.7 Å². The summed E-state index contributed by atoms with van der Waals surface area (Å²) in [5.74, 6) is -1.20. The maximum Gasteiger partial charge on any atom is 0.339 e. The van der Waals surface area contributed by atoms with E-state index in [1.54, 1.807) is 27.7 Å². The zero-order valence-corrected chi connectivity index (χ0v) is 11.0. The van der Waals surface area contributed by atoms with Gasteiger partial charge in [0.25, 0.3) is 0 Å². The van der Waals surface area contributed by atoms with Gasteiger partial charge in [-0.05, 0) is 26.7 Å². The van der Waals surface area contributed by atoms with Gasteiger partial charge in [-0.1, -0.05) is 20.3 Å². The van der Waals surface area contributed by atoms with Crippen molar-refractivity contribution in [2.45, 2.75) is 52.7 Å². The van der Waals surface area contributed by atoms with Gasteiger partial charge in [0.05, 0.1) is 5.60 Å². The molecule has 100 valence electrons. The fraction of sp³-hybridized carbons (Fsp3) is 0.818. The van der Waals surface area contributed by atoms with Gasteiger partial charge in [0.1, 0.15) is 6.04 Å². The number of rotatable bonds is 5. The van der Waals surface area contributed by atoms with Gasteiger partial charge >= 0.3 is 12.0 Å². The molecule has 17 heavy (non-hydrogen) atoms. The Morgan fingerprint density at radius 3 is 2.24 bits per heavy atom. The molecule has 0 spiro atoms. The Morgan fingerprint density at radius 2 is 1.88 bits per heavy atom. The maximum absolute atomic E-state index is 11.4. The number of carbonyl (C=O) groups excluding carboxylic acids is 1. The molecule has 0 heterocycles. The number of carboxylic acid groups (broad SMARTS) is 1. The minimum absolute atomic E-state index is 0.145. The summed E-state index contributed by atoms with van der Waals surface area (Å²) in [5.41, 5.74) is 1.65. The molecule has 2 atom stereocenters. The Morgan fingerprint density at radius 1 is 1.35 bits per heavy atom. The van der Waals surface area contributed by atoms with Crippen molar-refractivity contribution in [1.29, 1.82) is 0 Å². The number of carboxylic acids is 1. The molecule has 0 aromatic carbocycles. The summed E-state index contributed by atoms with van der Waals surface area (Å²) in [5, 5.41) is 11.3. The molecule has 6 heteroatoms. The zero-order valence-electron chi connectivity index (χ0n) is 11.0. The second-order valence-electron chi connectivity index (χ2n) is 4.99. The summed E-state index contributed by atoms with van der Waals surface area (Å²) >= 11 is 0. The number of amides is 2. The first kappa shape index (κ1) is 15.7.